The first-order valence-electron chi connectivity index (χ1n) is 8.14. The van der Waals surface area contributed by atoms with Gasteiger partial charge in [-0.05, 0) is 24.1 Å². The minimum atomic E-state index is -5.12. The number of non-ortho nitro benzene ring substituents is 1. The number of aliphatic hydroxyl groups is 1. The quantitative estimate of drug-likeness (QED) is 0.396. The zero-order chi connectivity index (χ0) is 21.8. The Labute approximate surface area is 162 Å². The summed E-state index contributed by atoms with van der Waals surface area (Å²) in [5.41, 5.74) is -3.78. The van der Waals surface area contributed by atoms with Crippen LogP contribution in [0.3, 0.4) is 0 Å². The SMILES string of the molecule is Cc1cc([N+](=O)[O-])ccc1NC(=O)C(=O)NCC(O)(c1ccccc1)C(F)(F)F. The average molecular weight is 411 g/mol. The van der Waals surface area contributed by atoms with Crippen molar-refractivity contribution < 1.29 is 32.8 Å². The van der Waals surface area contributed by atoms with Gasteiger partial charge in [0.05, 0.1) is 11.5 Å². The smallest absolute Gasteiger partial charge is 0.375 e. The van der Waals surface area contributed by atoms with E-state index in [4.69, 9.17) is 0 Å². The molecule has 3 N–H and O–H groups in total. The molecule has 0 saturated heterocycles. The highest BCUT2D eigenvalue weighted by Crippen LogP contribution is 2.38. The fraction of sp³-hybridized carbons (Fsp3) is 0.222. The summed E-state index contributed by atoms with van der Waals surface area (Å²) in [5.74, 6) is -2.71. The minimum absolute atomic E-state index is 0.0740. The van der Waals surface area contributed by atoms with Crippen molar-refractivity contribution in [3.05, 3.63) is 69.8 Å². The van der Waals surface area contributed by atoms with Crippen LogP contribution in [0.2, 0.25) is 0 Å². The van der Waals surface area contributed by atoms with Crippen LogP contribution >= 0.6 is 0 Å². The molecule has 2 rings (SSSR count). The van der Waals surface area contributed by atoms with Crippen LogP contribution in [0.15, 0.2) is 48.5 Å². The molecule has 0 aromatic heterocycles. The first-order chi connectivity index (χ1) is 13.5. The van der Waals surface area contributed by atoms with Gasteiger partial charge in [0.25, 0.3) is 5.69 Å². The second kappa shape index (κ2) is 8.27. The zero-order valence-corrected chi connectivity index (χ0v) is 15.0. The third-order valence-corrected chi connectivity index (χ3v) is 4.10. The number of halogens is 3. The Morgan fingerprint density at radius 3 is 2.24 bits per heavy atom. The van der Waals surface area contributed by atoms with E-state index in [1.54, 1.807) is 5.32 Å². The summed E-state index contributed by atoms with van der Waals surface area (Å²) >= 11 is 0. The molecule has 2 aromatic carbocycles. The fourth-order valence-electron chi connectivity index (χ4n) is 2.45. The van der Waals surface area contributed by atoms with E-state index in [0.717, 1.165) is 24.3 Å². The van der Waals surface area contributed by atoms with E-state index < -0.39 is 40.6 Å². The third kappa shape index (κ3) is 4.88. The number of nitro benzene ring substituents is 1. The largest absolute Gasteiger partial charge is 0.423 e. The van der Waals surface area contributed by atoms with Crippen molar-refractivity contribution >= 4 is 23.2 Å². The predicted octanol–water partition coefficient (Wildman–Crippen LogP) is 2.41. The number of carbonyl (C=O) groups excluding carboxylic acids is 2. The van der Waals surface area contributed by atoms with Gasteiger partial charge in [-0.2, -0.15) is 13.2 Å². The minimum Gasteiger partial charge on any atom is -0.375 e. The summed E-state index contributed by atoms with van der Waals surface area (Å²) in [6.45, 7) is 0.157. The van der Waals surface area contributed by atoms with E-state index in [-0.39, 0.29) is 16.9 Å². The molecule has 0 fully saturated rings. The van der Waals surface area contributed by atoms with Crippen LogP contribution < -0.4 is 10.6 Å². The molecule has 11 heteroatoms. The number of carbonyl (C=O) groups is 2. The van der Waals surface area contributed by atoms with Gasteiger partial charge in [0.1, 0.15) is 0 Å². The van der Waals surface area contributed by atoms with Crippen LogP contribution in [0.1, 0.15) is 11.1 Å². The van der Waals surface area contributed by atoms with Gasteiger partial charge in [-0.15, -0.1) is 0 Å². The molecule has 0 spiro atoms. The van der Waals surface area contributed by atoms with E-state index >= 15 is 0 Å². The lowest BCUT2D eigenvalue weighted by Gasteiger charge is -2.31. The summed E-state index contributed by atoms with van der Waals surface area (Å²) in [5, 5.41) is 24.8. The van der Waals surface area contributed by atoms with Gasteiger partial charge in [0, 0.05) is 17.8 Å². The number of aryl methyl sites for hydroxylation is 1. The van der Waals surface area contributed by atoms with Crippen molar-refractivity contribution in [1.29, 1.82) is 0 Å². The summed E-state index contributed by atoms with van der Waals surface area (Å²) in [6, 6.07) is 9.56. The third-order valence-electron chi connectivity index (χ3n) is 4.10. The standard InChI is InChI=1S/C18H16F3N3O5/c1-11-9-13(24(28)29)7-8-14(11)23-16(26)15(25)22-10-17(27,18(19,20)21)12-5-3-2-4-6-12/h2-9,27H,10H2,1H3,(H,22,25)(H,23,26). The van der Waals surface area contributed by atoms with Gasteiger partial charge >= 0.3 is 18.0 Å². The molecule has 0 bridgehead atoms. The van der Waals surface area contributed by atoms with Gasteiger partial charge in [-0.3, -0.25) is 19.7 Å². The van der Waals surface area contributed by atoms with E-state index in [1.807, 2.05) is 0 Å². The maximum absolute atomic E-state index is 13.4. The fourth-order valence-corrected chi connectivity index (χ4v) is 2.45. The Hall–Kier alpha value is -3.47. The maximum Gasteiger partial charge on any atom is 0.423 e. The lowest BCUT2D eigenvalue weighted by Crippen LogP contribution is -2.52. The molecule has 0 heterocycles. The summed E-state index contributed by atoms with van der Waals surface area (Å²) < 4.78 is 40.2. The molecule has 2 amide bonds. The van der Waals surface area contributed by atoms with Gasteiger partial charge in [0.15, 0.2) is 0 Å². The van der Waals surface area contributed by atoms with Crippen LogP contribution in [0.5, 0.6) is 0 Å². The van der Waals surface area contributed by atoms with Crippen LogP contribution in [0, 0.1) is 17.0 Å². The van der Waals surface area contributed by atoms with Crippen molar-refractivity contribution in [3.8, 4) is 0 Å². The molecule has 0 aliphatic carbocycles. The zero-order valence-electron chi connectivity index (χ0n) is 15.0. The monoisotopic (exact) mass is 411 g/mol. The van der Waals surface area contributed by atoms with E-state index in [1.165, 1.54) is 31.2 Å². The van der Waals surface area contributed by atoms with Crippen LogP contribution in [-0.4, -0.2) is 34.6 Å². The molecule has 29 heavy (non-hydrogen) atoms. The highest BCUT2D eigenvalue weighted by atomic mass is 19.4. The molecular formula is C18H16F3N3O5. The Balaban J connectivity index is 2.11. The van der Waals surface area contributed by atoms with Crippen LogP contribution in [0.25, 0.3) is 0 Å². The molecule has 1 atom stereocenters. The van der Waals surface area contributed by atoms with Crippen LogP contribution in [0.4, 0.5) is 24.5 Å². The number of nitro groups is 1. The molecule has 0 aliphatic rings. The maximum atomic E-state index is 13.4. The predicted molar refractivity (Wildman–Crippen MR) is 95.9 cm³/mol. The Morgan fingerprint density at radius 1 is 1.10 bits per heavy atom. The van der Waals surface area contributed by atoms with E-state index in [2.05, 4.69) is 5.32 Å². The lowest BCUT2D eigenvalue weighted by atomic mass is 9.93. The highest BCUT2D eigenvalue weighted by Gasteiger charge is 2.55. The van der Waals surface area contributed by atoms with Gasteiger partial charge in [-0.25, -0.2) is 0 Å². The second-order valence-corrected chi connectivity index (χ2v) is 6.12. The summed E-state index contributed by atoms with van der Waals surface area (Å²) in [7, 11) is 0. The first kappa shape index (κ1) is 21.8. The average Bonchev–Trinajstić information content (AvgIpc) is 2.66. The lowest BCUT2D eigenvalue weighted by molar-refractivity contribution is -0.384. The topological polar surface area (TPSA) is 122 Å². The van der Waals surface area contributed by atoms with Crippen molar-refractivity contribution in [2.75, 3.05) is 11.9 Å². The Kier molecular flexibility index (Phi) is 6.22. The molecule has 154 valence electrons. The highest BCUT2D eigenvalue weighted by molar-refractivity contribution is 6.39. The normalized spacial score (nSPS) is 13.3. The Morgan fingerprint density at radius 2 is 1.72 bits per heavy atom. The Bertz CT molecular complexity index is 934. The summed E-state index contributed by atoms with van der Waals surface area (Å²) in [4.78, 5) is 34.0. The molecule has 0 aliphatic heterocycles. The number of alkyl halides is 3. The number of nitrogens with one attached hydrogen (secondary N) is 2. The van der Waals surface area contributed by atoms with Crippen molar-refractivity contribution in [2.45, 2.75) is 18.7 Å². The molecule has 8 nitrogen and oxygen atoms in total. The van der Waals surface area contributed by atoms with E-state index in [9.17, 15) is 38.0 Å². The van der Waals surface area contributed by atoms with Crippen molar-refractivity contribution in [1.82, 2.24) is 5.32 Å². The number of nitrogens with zero attached hydrogens (tertiary/aromatic N) is 1. The van der Waals surface area contributed by atoms with E-state index in [0.29, 0.717) is 0 Å². The number of hydrogen-bond donors (Lipinski definition) is 3. The first-order valence-corrected chi connectivity index (χ1v) is 8.14. The van der Waals surface area contributed by atoms with Crippen molar-refractivity contribution in [3.63, 3.8) is 0 Å². The number of benzene rings is 2. The molecular weight excluding hydrogens is 395 g/mol. The molecule has 0 saturated carbocycles. The van der Waals surface area contributed by atoms with Gasteiger partial charge < -0.3 is 15.7 Å². The van der Waals surface area contributed by atoms with Crippen molar-refractivity contribution in [2.24, 2.45) is 0 Å². The molecule has 0 radical (unpaired) electrons. The second-order valence-electron chi connectivity index (χ2n) is 6.12. The summed E-state index contributed by atoms with van der Waals surface area (Å²) in [6.07, 6.45) is -5.12. The number of hydrogen-bond acceptors (Lipinski definition) is 5. The molecule has 1 unspecified atom stereocenters. The van der Waals surface area contributed by atoms with Crippen LogP contribution in [-0.2, 0) is 15.2 Å². The number of rotatable bonds is 5. The van der Waals surface area contributed by atoms with Gasteiger partial charge in [0.2, 0.25) is 5.60 Å². The number of amides is 2. The van der Waals surface area contributed by atoms with Gasteiger partial charge in [-0.1, -0.05) is 30.3 Å². The molecule has 2 aromatic rings. The number of anilines is 1.